The second kappa shape index (κ2) is 14.4. The average molecular weight is 569 g/mol. The smallest absolute Gasteiger partial charge is 0.414 e. The van der Waals surface area contributed by atoms with E-state index in [-0.39, 0.29) is 41.8 Å². The van der Waals surface area contributed by atoms with Crippen molar-refractivity contribution < 1.29 is 37.1 Å². The van der Waals surface area contributed by atoms with Gasteiger partial charge in [0.2, 0.25) is 11.8 Å². The summed E-state index contributed by atoms with van der Waals surface area (Å²) >= 11 is 0. The third kappa shape index (κ3) is 9.83. The van der Waals surface area contributed by atoms with Gasteiger partial charge in [0.15, 0.2) is 0 Å². The quantitative estimate of drug-likeness (QED) is 0.218. The number of pyridine rings is 1. The van der Waals surface area contributed by atoms with Crippen LogP contribution < -0.4 is 20.1 Å². The van der Waals surface area contributed by atoms with Crippen molar-refractivity contribution in [2.45, 2.75) is 24.7 Å². The van der Waals surface area contributed by atoms with E-state index in [0.29, 0.717) is 13.0 Å². The molecule has 3 amide bonds. The second-order valence-corrected chi connectivity index (χ2v) is 10.1. The molecule has 12 nitrogen and oxygen atoms in total. The zero-order chi connectivity index (χ0) is 29.0. The van der Waals surface area contributed by atoms with E-state index in [2.05, 4.69) is 20.4 Å². The number of esters is 1. The minimum atomic E-state index is -4.17. The molecule has 13 heteroatoms. The van der Waals surface area contributed by atoms with E-state index >= 15 is 0 Å². The molecule has 1 aromatic heterocycles. The van der Waals surface area contributed by atoms with Gasteiger partial charge < -0.3 is 20.1 Å². The van der Waals surface area contributed by atoms with Crippen molar-refractivity contribution in [3.05, 3.63) is 89.6 Å². The number of carbonyl (C=O) groups is 4. The number of hydrogen-bond acceptors (Lipinski definition) is 9. The Bertz CT molecular complexity index is 1430. The fraction of sp³-hybridized carbons (Fsp3) is 0.222. The summed E-state index contributed by atoms with van der Waals surface area (Å²) in [6.45, 7) is 1.63. The van der Waals surface area contributed by atoms with E-state index in [1.165, 1.54) is 31.2 Å². The Morgan fingerprint density at radius 1 is 0.850 bits per heavy atom. The molecule has 210 valence electrons. The van der Waals surface area contributed by atoms with Gasteiger partial charge in [0.1, 0.15) is 6.61 Å². The van der Waals surface area contributed by atoms with Crippen molar-refractivity contribution in [2.75, 3.05) is 19.7 Å². The fourth-order valence-electron chi connectivity index (χ4n) is 3.32. The zero-order valence-corrected chi connectivity index (χ0v) is 22.4. The first-order chi connectivity index (χ1) is 19.1. The number of aromatic nitrogens is 1. The maximum atomic E-state index is 12.7. The summed E-state index contributed by atoms with van der Waals surface area (Å²) in [5.41, 5.74) is 1.64. The number of benzene rings is 2. The fourth-order valence-corrected chi connectivity index (χ4v) is 4.29. The summed E-state index contributed by atoms with van der Waals surface area (Å²) < 4.78 is 36.9. The highest BCUT2D eigenvalue weighted by atomic mass is 32.2. The summed E-state index contributed by atoms with van der Waals surface area (Å²) in [6, 6.07) is 17.8. The molecule has 3 rings (SSSR count). The van der Waals surface area contributed by atoms with Gasteiger partial charge in [0, 0.05) is 25.7 Å². The minimum absolute atomic E-state index is 0.0262. The van der Waals surface area contributed by atoms with Crippen LogP contribution in [0.4, 0.5) is 4.79 Å². The molecule has 40 heavy (non-hydrogen) atoms. The molecular formula is C27H28N4O8S. The van der Waals surface area contributed by atoms with Gasteiger partial charge in [-0.3, -0.25) is 14.4 Å². The Labute approximate surface area is 231 Å². The van der Waals surface area contributed by atoms with Crippen molar-refractivity contribution in [1.29, 1.82) is 0 Å². The highest BCUT2D eigenvalue weighted by molar-refractivity contribution is 7.90. The van der Waals surface area contributed by atoms with Gasteiger partial charge in [0.05, 0.1) is 23.4 Å². The molecular weight excluding hydrogens is 540 g/mol. The number of nitrogens with one attached hydrogen (secondary N) is 3. The molecule has 2 aromatic carbocycles. The van der Waals surface area contributed by atoms with Gasteiger partial charge in [-0.15, -0.1) is 0 Å². The van der Waals surface area contributed by atoms with Crippen LogP contribution in [-0.2, 0) is 37.2 Å². The predicted octanol–water partition coefficient (Wildman–Crippen LogP) is 1.75. The summed E-state index contributed by atoms with van der Waals surface area (Å²) in [5.74, 6) is -1.64. The topological polar surface area (TPSA) is 170 Å². The van der Waals surface area contributed by atoms with Crippen molar-refractivity contribution in [3.63, 3.8) is 0 Å². The molecule has 0 atom stereocenters. The largest absolute Gasteiger partial charge is 0.464 e. The third-order valence-electron chi connectivity index (χ3n) is 5.28. The third-order valence-corrected chi connectivity index (χ3v) is 6.62. The maximum absolute atomic E-state index is 12.7. The highest BCUT2D eigenvalue weighted by Gasteiger charge is 2.19. The molecule has 0 radical (unpaired) electrons. The number of sulfonamides is 1. The van der Waals surface area contributed by atoms with Crippen molar-refractivity contribution in [2.24, 2.45) is 0 Å². The molecule has 0 unspecified atom stereocenters. The van der Waals surface area contributed by atoms with Gasteiger partial charge >= 0.3 is 12.1 Å². The Kier molecular flexibility index (Phi) is 10.7. The van der Waals surface area contributed by atoms with Crippen LogP contribution >= 0.6 is 0 Å². The lowest BCUT2D eigenvalue weighted by atomic mass is 10.1. The monoisotopic (exact) mass is 568 g/mol. The first kappa shape index (κ1) is 29.8. The lowest BCUT2D eigenvalue weighted by molar-refractivity contribution is -0.140. The molecule has 0 aliphatic heterocycles. The first-order valence-corrected chi connectivity index (χ1v) is 13.6. The lowest BCUT2D eigenvalue weighted by Crippen LogP contribution is -2.31. The van der Waals surface area contributed by atoms with Crippen LogP contribution in [0, 0.1) is 0 Å². The van der Waals surface area contributed by atoms with Crippen molar-refractivity contribution >= 4 is 33.9 Å². The number of rotatable bonds is 12. The molecule has 0 fully saturated rings. The van der Waals surface area contributed by atoms with E-state index in [1.54, 1.807) is 12.1 Å². The minimum Gasteiger partial charge on any atom is -0.464 e. The van der Waals surface area contributed by atoms with E-state index in [4.69, 9.17) is 4.74 Å². The summed E-state index contributed by atoms with van der Waals surface area (Å²) in [4.78, 5) is 50.6. The van der Waals surface area contributed by atoms with E-state index in [9.17, 15) is 27.6 Å². The lowest BCUT2D eigenvalue weighted by Gasteiger charge is -2.09. The zero-order valence-electron chi connectivity index (χ0n) is 21.6. The Balaban J connectivity index is 1.46. The molecule has 0 saturated heterocycles. The van der Waals surface area contributed by atoms with Gasteiger partial charge in [-0.1, -0.05) is 42.5 Å². The first-order valence-electron chi connectivity index (χ1n) is 12.1. The van der Waals surface area contributed by atoms with Crippen LogP contribution in [0.15, 0.2) is 77.8 Å². The Hall–Kier alpha value is -4.78. The standard InChI is InChI=1S/C27H28N4O8S/c1-19(32)38-16-15-29-27(35)39-25-12-9-22(18-30-25)26(34)31-40(36,37)23-10-7-20(8-11-23)13-14-28-24(33)17-21-5-3-2-4-6-21/h2-12,18H,13-17H2,1H3,(H,28,33)(H,29,35)(H,31,34). The SMILES string of the molecule is CC(=O)OCCNC(=O)Oc1ccc(C(=O)NS(=O)(=O)c2ccc(CCNC(=O)Cc3ccccc3)cc2)cn1. The van der Waals surface area contributed by atoms with Crippen LogP contribution in [0.2, 0.25) is 0 Å². The molecule has 0 aliphatic rings. The predicted molar refractivity (Wildman–Crippen MR) is 143 cm³/mol. The number of carbonyl (C=O) groups excluding carboxylic acids is 4. The second-order valence-electron chi connectivity index (χ2n) is 8.38. The maximum Gasteiger partial charge on any atom is 0.414 e. The van der Waals surface area contributed by atoms with Gasteiger partial charge in [-0.25, -0.2) is 22.9 Å². The molecule has 3 N–H and O–H groups in total. The molecule has 1 heterocycles. The van der Waals surface area contributed by atoms with Crippen LogP contribution in [0.25, 0.3) is 0 Å². The molecule has 0 spiro atoms. The van der Waals surface area contributed by atoms with Gasteiger partial charge in [-0.2, -0.15) is 0 Å². The summed E-state index contributed by atoms with van der Waals surface area (Å²) in [7, 11) is -4.17. The number of hydrogen-bond donors (Lipinski definition) is 3. The van der Waals surface area contributed by atoms with Crippen LogP contribution in [0.1, 0.15) is 28.4 Å². The number of nitrogens with zero attached hydrogens (tertiary/aromatic N) is 1. The highest BCUT2D eigenvalue weighted by Crippen LogP contribution is 2.13. The average Bonchev–Trinajstić information content (AvgIpc) is 2.92. The van der Waals surface area contributed by atoms with E-state index in [0.717, 1.165) is 17.3 Å². The summed E-state index contributed by atoms with van der Waals surface area (Å²) in [6.07, 6.45) is 0.980. The van der Waals surface area contributed by atoms with Crippen molar-refractivity contribution in [3.8, 4) is 5.88 Å². The van der Waals surface area contributed by atoms with Crippen LogP contribution in [-0.4, -0.2) is 57.0 Å². The van der Waals surface area contributed by atoms with Gasteiger partial charge in [-0.05, 0) is 35.7 Å². The number of amides is 3. The summed E-state index contributed by atoms with van der Waals surface area (Å²) in [5, 5.41) is 5.18. The van der Waals surface area contributed by atoms with E-state index in [1.807, 2.05) is 35.1 Å². The Morgan fingerprint density at radius 2 is 1.57 bits per heavy atom. The molecule has 0 aliphatic carbocycles. The van der Waals surface area contributed by atoms with Gasteiger partial charge in [0.25, 0.3) is 15.9 Å². The van der Waals surface area contributed by atoms with Crippen LogP contribution in [0.3, 0.4) is 0 Å². The normalized spacial score (nSPS) is 10.7. The Morgan fingerprint density at radius 3 is 2.23 bits per heavy atom. The van der Waals surface area contributed by atoms with Crippen molar-refractivity contribution in [1.82, 2.24) is 20.3 Å². The van der Waals surface area contributed by atoms with Crippen LogP contribution in [0.5, 0.6) is 5.88 Å². The number of ether oxygens (including phenoxy) is 2. The molecule has 0 bridgehead atoms. The molecule has 0 saturated carbocycles. The molecule has 3 aromatic rings. The van der Waals surface area contributed by atoms with E-state index < -0.39 is 28.0 Å².